The standard InChI is InChI=1S/C25H27N3O6S/c1-16-13-18(21-5-3-4-6-23(21)26-16)14-34-19-7-9-20(10-8-19)35(32,33)15-24-22(25(30)27-31)11-12-28(24)17(2)29/h3-10,13,22,24,31H,11-12,14-15H2,1-2H3,(H,27,30)/t22-,24-/m0/s1. The highest BCUT2D eigenvalue weighted by Gasteiger charge is 2.42. The van der Waals surface area contributed by atoms with Crippen molar-refractivity contribution in [1.29, 1.82) is 0 Å². The fourth-order valence-electron chi connectivity index (χ4n) is 4.58. The molecular weight excluding hydrogens is 470 g/mol. The average molecular weight is 498 g/mol. The zero-order valence-electron chi connectivity index (χ0n) is 19.5. The molecule has 0 aliphatic carbocycles. The van der Waals surface area contributed by atoms with E-state index < -0.39 is 33.5 Å². The van der Waals surface area contributed by atoms with Crippen LogP contribution in [0, 0.1) is 12.8 Å². The molecule has 1 saturated heterocycles. The minimum absolute atomic E-state index is 0.0635. The smallest absolute Gasteiger partial charge is 0.248 e. The number of aromatic nitrogens is 1. The van der Waals surface area contributed by atoms with Crippen LogP contribution < -0.4 is 10.2 Å². The zero-order valence-corrected chi connectivity index (χ0v) is 20.3. The number of carbonyl (C=O) groups is 2. The monoisotopic (exact) mass is 497 g/mol. The maximum Gasteiger partial charge on any atom is 0.248 e. The van der Waals surface area contributed by atoms with Crippen molar-refractivity contribution in [2.45, 2.75) is 37.8 Å². The summed E-state index contributed by atoms with van der Waals surface area (Å²) in [5.41, 5.74) is 4.31. The Hall–Kier alpha value is -3.50. The number of likely N-dealkylation sites (tertiary alicyclic amines) is 1. The lowest BCUT2D eigenvalue weighted by molar-refractivity contribution is -0.135. The second-order valence-electron chi connectivity index (χ2n) is 8.63. The van der Waals surface area contributed by atoms with Crippen molar-refractivity contribution in [2.24, 2.45) is 5.92 Å². The molecule has 2 atom stereocenters. The van der Waals surface area contributed by atoms with Crippen LogP contribution in [0.3, 0.4) is 0 Å². The molecule has 4 rings (SSSR count). The van der Waals surface area contributed by atoms with Crippen molar-refractivity contribution in [1.82, 2.24) is 15.4 Å². The van der Waals surface area contributed by atoms with E-state index in [1.165, 1.54) is 24.0 Å². The fourth-order valence-corrected chi connectivity index (χ4v) is 6.18. The van der Waals surface area contributed by atoms with E-state index in [2.05, 4.69) is 4.98 Å². The summed E-state index contributed by atoms with van der Waals surface area (Å²) < 4.78 is 32.1. The summed E-state index contributed by atoms with van der Waals surface area (Å²) in [5, 5.41) is 10.0. The van der Waals surface area contributed by atoms with Crippen LogP contribution in [-0.4, -0.2) is 53.7 Å². The highest BCUT2D eigenvalue weighted by atomic mass is 32.2. The van der Waals surface area contributed by atoms with Crippen molar-refractivity contribution in [3.05, 3.63) is 65.9 Å². The third-order valence-corrected chi connectivity index (χ3v) is 8.07. The number of aryl methyl sites for hydroxylation is 1. The minimum atomic E-state index is -3.82. The van der Waals surface area contributed by atoms with Crippen LogP contribution in [0.15, 0.2) is 59.5 Å². The summed E-state index contributed by atoms with van der Waals surface area (Å²) in [6.45, 7) is 3.80. The van der Waals surface area contributed by atoms with Crippen molar-refractivity contribution in [3.8, 4) is 5.75 Å². The van der Waals surface area contributed by atoms with Gasteiger partial charge < -0.3 is 9.64 Å². The Bertz CT molecular complexity index is 1360. The number of ether oxygens (including phenoxy) is 1. The molecule has 2 amide bonds. The number of hydrogen-bond donors (Lipinski definition) is 2. The molecule has 9 nitrogen and oxygen atoms in total. The molecule has 0 bridgehead atoms. The number of sulfone groups is 1. The minimum Gasteiger partial charge on any atom is -0.489 e. The third kappa shape index (κ3) is 5.28. The molecule has 2 N–H and O–H groups in total. The van der Waals surface area contributed by atoms with Crippen molar-refractivity contribution < 1.29 is 28.0 Å². The second kappa shape index (κ2) is 10.0. The SMILES string of the molecule is CC(=O)N1CC[C@H](C(=O)NO)[C@@H]1CS(=O)(=O)c1ccc(OCc2cc(C)nc3ccccc23)cc1. The number of nitrogens with zero attached hydrogens (tertiary/aromatic N) is 2. The summed E-state index contributed by atoms with van der Waals surface area (Å²) in [4.78, 5) is 30.0. The number of amides is 2. The van der Waals surface area contributed by atoms with E-state index in [1.807, 2.05) is 37.3 Å². The first-order chi connectivity index (χ1) is 16.7. The van der Waals surface area contributed by atoms with Gasteiger partial charge in [-0.05, 0) is 49.7 Å². The molecule has 184 valence electrons. The second-order valence-corrected chi connectivity index (χ2v) is 10.7. The number of para-hydroxylation sites is 1. The van der Waals surface area contributed by atoms with Crippen LogP contribution >= 0.6 is 0 Å². The van der Waals surface area contributed by atoms with Gasteiger partial charge in [0.15, 0.2) is 9.84 Å². The number of pyridine rings is 1. The summed E-state index contributed by atoms with van der Waals surface area (Å²) in [6, 6.07) is 15.0. The van der Waals surface area contributed by atoms with Crippen LogP contribution in [0.2, 0.25) is 0 Å². The van der Waals surface area contributed by atoms with E-state index in [4.69, 9.17) is 9.94 Å². The van der Waals surface area contributed by atoms with Gasteiger partial charge in [-0.3, -0.25) is 19.8 Å². The van der Waals surface area contributed by atoms with Crippen molar-refractivity contribution in [3.63, 3.8) is 0 Å². The molecule has 1 aliphatic heterocycles. The lowest BCUT2D eigenvalue weighted by atomic mass is 10.0. The molecule has 0 saturated carbocycles. The number of carbonyl (C=O) groups excluding carboxylic acids is 2. The Kier molecular flexibility index (Phi) is 7.04. The molecule has 0 unspecified atom stereocenters. The van der Waals surface area contributed by atoms with Crippen molar-refractivity contribution in [2.75, 3.05) is 12.3 Å². The van der Waals surface area contributed by atoms with Gasteiger partial charge in [0.25, 0.3) is 0 Å². The van der Waals surface area contributed by atoms with Crippen LogP contribution in [0.4, 0.5) is 0 Å². The Morgan fingerprint density at radius 3 is 2.57 bits per heavy atom. The zero-order chi connectivity index (χ0) is 25.2. The van der Waals surface area contributed by atoms with Gasteiger partial charge in [0.1, 0.15) is 12.4 Å². The summed E-state index contributed by atoms with van der Waals surface area (Å²) in [6.07, 6.45) is 0.280. The normalized spacial score (nSPS) is 18.0. The van der Waals surface area contributed by atoms with E-state index in [9.17, 15) is 18.0 Å². The molecule has 3 aromatic rings. The van der Waals surface area contributed by atoms with E-state index in [1.54, 1.807) is 17.6 Å². The van der Waals surface area contributed by atoms with Crippen LogP contribution in [-0.2, 0) is 26.0 Å². The molecule has 10 heteroatoms. The molecule has 1 aliphatic rings. The fraction of sp³-hybridized carbons (Fsp3) is 0.320. The molecule has 1 aromatic heterocycles. The molecule has 2 heterocycles. The Balaban J connectivity index is 1.49. The topological polar surface area (TPSA) is 126 Å². The first kappa shape index (κ1) is 24.6. The number of hydroxylamine groups is 1. The van der Waals surface area contributed by atoms with E-state index in [0.717, 1.165) is 22.2 Å². The van der Waals surface area contributed by atoms with Gasteiger partial charge >= 0.3 is 0 Å². The van der Waals surface area contributed by atoms with Gasteiger partial charge in [-0.1, -0.05) is 18.2 Å². The third-order valence-electron chi connectivity index (χ3n) is 6.29. The maximum atomic E-state index is 13.1. The maximum absolute atomic E-state index is 13.1. The van der Waals surface area contributed by atoms with Crippen molar-refractivity contribution >= 4 is 32.6 Å². The first-order valence-corrected chi connectivity index (χ1v) is 12.9. The highest BCUT2D eigenvalue weighted by Crippen LogP contribution is 2.29. The van der Waals surface area contributed by atoms with Gasteiger partial charge in [-0.15, -0.1) is 0 Å². The van der Waals surface area contributed by atoms with E-state index in [-0.39, 0.29) is 23.8 Å². The molecule has 0 radical (unpaired) electrons. The number of fused-ring (bicyclic) bond motifs is 1. The van der Waals surface area contributed by atoms with Crippen LogP contribution in [0.5, 0.6) is 5.75 Å². The molecular formula is C25H27N3O6S. The quantitative estimate of drug-likeness (QED) is 0.380. The van der Waals surface area contributed by atoms with Crippen LogP contribution in [0.1, 0.15) is 24.6 Å². The largest absolute Gasteiger partial charge is 0.489 e. The van der Waals surface area contributed by atoms with Gasteiger partial charge in [0, 0.05) is 30.1 Å². The average Bonchev–Trinajstić information content (AvgIpc) is 3.25. The predicted molar refractivity (Wildman–Crippen MR) is 129 cm³/mol. The predicted octanol–water partition coefficient (Wildman–Crippen LogP) is 2.64. The first-order valence-electron chi connectivity index (χ1n) is 11.2. The number of benzene rings is 2. The number of nitrogens with one attached hydrogen (secondary N) is 1. The van der Waals surface area contributed by atoms with E-state index in [0.29, 0.717) is 12.4 Å². The lowest BCUT2D eigenvalue weighted by Gasteiger charge is -2.26. The lowest BCUT2D eigenvalue weighted by Crippen LogP contribution is -2.45. The molecule has 2 aromatic carbocycles. The van der Waals surface area contributed by atoms with Gasteiger partial charge in [0.2, 0.25) is 11.8 Å². The summed E-state index contributed by atoms with van der Waals surface area (Å²) in [5.74, 6) is -1.74. The van der Waals surface area contributed by atoms with Gasteiger partial charge in [-0.25, -0.2) is 13.9 Å². The van der Waals surface area contributed by atoms with E-state index >= 15 is 0 Å². The Morgan fingerprint density at radius 2 is 1.89 bits per heavy atom. The van der Waals surface area contributed by atoms with Crippen LogP contribution in [0.25, 0.3) is 10.9 Å². The summed E-state index contributed by atoms with van der Waals surface area (Å²) >= 11 is 0. The molecule has 35 heavy (non-hydrogen) atoms. The molecule has 1 fully saturated rings. The summed E-state index contributed by atoms with van der Waals surface area (Å²) in [7, 11) is -3.82. The highest BCUT2D eigenvalue weighted by molar-refractivity contribution is 7.91. The Morgan fingerprint density at radius 1 is 1.17 bits per heavy atom. The van der Waals surface area contributed by atoms with Gasteiger partial charge in [0.05, 0.1) is 28.1 Å². The number of hydrogen-bond acceptors (Lipinski definition) is 7. The number of rotatable bonds is 7. The Labute approximate surface area is 203 Å². The van der Waals surface area contributed by atoms with Gasteiger partial charge in [-0.2, -0.15) is 0 Å². The molecule has 0 spiro atoms.